The number of nitrogens with one attached hydrogen (secondary N) is 1. The monoisotopic (exact) mass is 245 g/mol. The van der Waals surface area contributed by atoms with Crippen LogP contribution in [0.1, 0.15) is 39.5 Å². The molecule has 1 N–H and O–H groups in total. The second-order valence-electron chi connectivity index (χ2n) is 4.46. The molecule has 0 heterocycles. The van der Waals surface area contributed by atoms with Gasteiger partial charge in [0, 0.05) is 32.9 Å². The molecule has 0 atom stereocenters. The van der Waals surface area contributed by atoms with E-state index in [0.717, 1.165) is 19.4 Å². The van der Waals surface area contributed by atoms with Gasteiger partial charge in [0.1, 0.15) is 0 Å². The van der Waals surface area contributed by atoms with Crippen LogP contribution >= 0.6 is 0 Å². The highest BCUT2D eigenvalue weighted by atomic mass is 16.7. The van der Waals surface area contributed by atoms with Gasteiger partial charge in [0.25, 0.3) is 0 Å². The first-order valence-electron chi connectivity index (χ1n) is 6.79. The third-order valence-electron chi connectivity index (χ3n) is 3.29. The van der Waals surface area contributed by atoms with Crippen molar-refractivity contribution in [3.05, 3.63) is 0 Å². The molecule has 1 aliphatic rings. The van der Waals surface area contributed by atoms with Gasteiger partial charge in [0.2, 0.25) is 0 Å². The first kappa shape index (κ1) is 14.9. The molecule has 0 amide bonds. The van der Waals surface area contributed by atoms with Gasteiger partial charge in [-0.15, -0.1) is 0 Å². The van der Waals surface area contributed by atoms with Gasteiger partial charge < -0.3 is 19.5 Å². The molecular weight excluding hydrogens is 218 g/mol. The second kappa shape index (κ2) is 8.86. The fraction of sp³-hybridized carbons (Fsp3) is 1.00. The second-order valence-corrected chi connectivity index (χ2v) is 4.46. The van der Waals surface area contributed by atoms with Gasteiger partial charge in [0.15, 0.2) is 6.29 Å². The van der Waals surface area contributed by atoms with Crippen LogP contribution in [0.15, 0.2) is 0 Å². The Balaban J connectivity index is 2.16. The van der Waals surface area contributed by atoms with Crippen molar-refractivity contribution in [3.8, 4) is 0 Å². The molecule has 0 spiro atoms. The maximum absolute atomic E-state index is 5.51. The van der Waals surface area contributed by atoms with Crippen molar-refractivity contribution in [2.45, 2.75) is 58.0 Å². The van der Waals surface area contributed by atoms with Crippen molar-refractivity contribution < 1.29 is 14.2 Å². The minimum atomic E-state index is -0.106. The van der Waals surface area contributed by atoms with Gasteiger partial charge in [-0.25, -0.2) is 0 Å². The highest BCUT2D eigenvalue weighted by Gasteiger charge is 2.21. The Hall–Kier alpha value is -0.160. The minimum absolute atomic E-state index is 0.106. The topological polar surface area (TPSA) is 39.7 Å². The molecule has 0 radical (unpaired) electrons. The fourth-order valence-electron chi connectivity index (χ4n) is 2.30. The van der Waals surface area contributed by atoms with Crippen LogP contribution in [-0.2, 0) is 14.2 Å². The lowest BCUT2D eigenvalue weighted by Crippen LogP contribution is -2.40. The highest BCUT2D eigenvalue weighted by Crippen LogP contribution is 2.20. The zero-order chi connectivity index (χ0) is 12.5. The minimum Gasteiger partial charge on any atom is -0.381 e. The zero-order valence-electron chi connectivity index (χ0n) is 11.4. The van der Waals surface area contributed by atoms with Crippen molar-refractivity contribution in [2.75, 3.05) is 26.9 Å². The molecule has 102 valence electrons. The maximum atomic E-state index is 5.51. The lowest BCUT2D eigenvalue weighted by atomic mass is 9.93. The van der Waals surface area contributed by atoms with Gasteiger partial charge >= 0.3 is 0 Å². The number of rotatable bonds is 8. The average molecular weight is 245 g/mol. The number of ether oxygens (including phenoxy) is 3. The predicted octanol–water partition coefficient (Wildman–Crippen LogP) is 1.93. The van der Waals surface area contributed by atoms with Crippen LogP contribution in [0.3, 0.4) is 0 Å². The van der Waals surface area contributed by atoms with Crippen LogP contribution in [0.25, 0.3) is 0 Å². The predicted molar refractivity (Wildman–Crippen MR) is 68.1 cm³/mol. The fourth-order valence-corrected chi connectivity index (χ4v) is 2.30. The van der Waals surface area contributed by atoms with Crippen LogP contribution in [0.5, 0.6) is 0 Å². The molecule has 0 saturated heterocycles. The SMILES string of the molecule is CCOC(CNC1CCC(OC)CC1)OCC. The lowest BCUT2D eigenvalue weighted by molar-refractivity contribution is -0.134. The summed E-state index contributed by atoms with van der Waals surface area (Å²) in [5.41, 5.74) is 0. The van der Waals surface area contributed by atoms with Crippen LogP contribution in [0, 0.1) is 0 Å². The Morgan fingerprint density at radius 3 is 2.12 bits per heavy atom. The summed E-state index contributed by atoms with van der Waals surface area (Å²) in [6, 6.07) is 0.588. The molecule has 1 aliphatic carbocycles. The summed E-state index contributed by atoms with van der Waals surface area (Å²) in [5, 5.41) is 3.53. The average Bonchev–Trinajstić information content (AvgIpc) is 2.37. The molecule has 0 bridgehead atoms. The summed E-state index contributed by atoms with van der Waals surface area (Å²) in [4.78, 5) is 0. The first-order chi connectivity index (χ1) is 8.30. The van der Waals surface area contributed by atoms with Crippen LogP contribution < -0.4 is 5.32 Å². The summed E-state index contributed by atoms with van der Waals surface area (Å²) in [5.74, 6) is 0. The molecule has 0 aliphatic heterocycles. The largest absolute Gasteiger partial charge is 0.381 e. The van der Waals surface area contributed by atoms with E-state index in [1.54, 1.807) is 7.11 Å². The Kier molecular flexibility index (Phi) is 7.77. The lowest BCUT2D eigenvalue weighted by Gasteiger charge is -2.29. The molecule has 1 rings (SSSR count). The van der Waals surface area contributed by atoms with E-state index in [2.05, 4.69) is 5.32 Å². The van der Waals surface area contributed by atoms with Gasteiger partial charge in [0.05, 0.1) is 6.10 Å². The van der Waals surface area contributed by atoms with Crippen molar-refractivity contribution in [1.29, 1.82) is 0 Å². The molecular formula is C13H27NO3. The number of hydrogen-bond donors (Lipinski definition) is 1. The number of methoxy groups -OCH3 is 1. The van der Waals surface area contributed by atoms with E-state index in [0.29, 0.717) is 25.4 Å². The van der Waals surface area contributed by atoms with Crippen LogP contribution in [0.2, 0.25) is 0 Å². The third-order valence-corrected chi connectivity index (χ3v) is 3.29. The van der Waals surface area contributed by atoms with Gasteiger partial charge in [-0.2, -0.15) is 0 Å². The molecule has 4 nitrogen and oxygen atoms in total. The van der Waals surface area contributed by atoms with E-state index in [-0.39, 0.29) is 6.29 Å². The summed E-state index contributed by atoms with van der Waals surface area (Å²) < 4.78 is 16.4. The van der Waals surface area contributed by atoms with E-state index >= 15 is 0 Å². The molecule has 0 aromatic carbocycles. The maximum Gasteiger partial charge on any atom is 0.169 e. The van der Waals surface area contributed by atoms with Crippen molar-refractivity contribution in [2.24, 2.45) is 0 Å². The van der Waals surface area contributed by atoms with E-state index in [1.165, 1.54) is 12.8 Å². The Bertz CT molecular complexity index is 176. The molecule has 1 saturated carbocycles. The van der Waals surface area contributed by atoms with Gasteiger partial charge in [-0.1, -0.05) is 0 Å². The van der Waals surface area contributed by atoms with Crippen molar-refractivity contribution >= 4 is 0 Å². The van der Waals surface area contributed by atoms with Gasteiger partial charge in [-0.05, 0) is 39.5 Å². The summed E-state index contributed by atoms with van der Waals surface area (Å²) >= 11 is 0. The van der Waals surface area contributed by atoms with E-state index in [1.807, 2.05) is 13.8 Å². The summed E-state index contributed by atoms with van der Waals surface area (Å²) in [7, 11) is 1.80. The Morgan fingerprint density at radius 2 is 1.65 bits per heavy atom. The molecule has 0 unspecified atom stereocenters. The van der Waals surface area contributed by atoms with Gasteiger partial charge in [-0.3, -0.25) is 0 Å². The first-order valence-corrected chi connectivity index (χ1v) is 6.79. The Morgan fingerprint density at radius 1 is 1.06 bits per heavy atom. The van der Waals surface area contributed by atoms with Crippen molar-refractivity contribution in [3.63, 3.8) is 0 Å². The van der Waals surface area contributed by atoms with Crippen LogP contribution in [0.4, 0.5) is 0 Å². The number of hydrogen-bond acceptors (Lipinski definition) is 4. The Labute approximate surface area is 105 Å². The van der Waals surface area contributed by atoms with Crippen LogP contribution in [-0.4, -0.2) is 45.3 Å². The molecule has 0 aromatic heterocycles. The van der Waals surface area contributed by atoms with Crippen molar-refractivity contribution in [1.82, 2.24) is 5.32 Å². The quantitative estimate of drug-likeness (QED) is 0.663. The summed E-state index contributed by atoms with van der Waals surface area (Å²) in [6.07, 6.45) is 5.03. The highest BCUT2D eigenvalue weighted by molar-refractivity contribution is 4.77. The molecule has 17 heavy (non-hydrogen) atoms. The molecule has 4 heteroatoms. The zero-order valence-corrected chi connectivity index (χ0v) is 11.4. The normalized spacial score (nSPS) is 25.4. The standard InChI is InChI=1S/C13H27NO3/c1-4-16-13(17-5-2)10-14-11-6-8-12(15-3)9-7-11/h11-14H,4-10H2,1-3H3. The summed E-state index contributed by atoms with van der Waals surface area (Å²) in [6.45, 7) is 6.17. The third kappa shape index (κ3) is 5.82. The molecule has 1 fully saturated rings. The molecule has 0 aromatic rings. The van der Waals surface area contributed by atoms with E-state index < -0.39 is 0 Å². The van der Waals surface area contributed by atoms with E-state index in [4.69, 9.17) is 14.2 Å². The smallest absolute Gasteiger partial charge is 0.169 e. The van der Waals surface area contributed by atoms with E-state index in [9.17, 15) is 0 Å².